The van der Waals surface area contributed by atoms with Gasteiger partial charge in [-0.05, 0) is 64.2 Å². The summed E-state index contributed by atoms with van der Waals surface area (Å²) < 4.78 is 48.7. The van der Waals surface area contributed by atoms with E-state index in [0.717, 1.165) is 46.2 Å². The number of rotatable bonds is 5. The fraction of sp³-hybridized carbons (Fsp3) is 0.103. The Kier molecular flexibility index (Phi) is 5.23. The van der Waals surface area contributed by atoms with E-state index in [9.17, 15) is 18.0 Å². The second-order valence-electron chi connectivity index (χ2n) is 8.86. The van der Waals surface area contributed by atoms with Crippen molar-refractivity contribution >= 4 is 12.1 Å². The molecule has 2 bridgehead atoms. The maximum absolute atomic E-state index is 14.3. The van der Waals surface area contributed by atoms with Gasteiger partial charge in [-0.2, -0.15) is 0 Å². The van der Waals surface area contributed by atoms with Crippen LogP contribution in [0.5, 0.6) is 0 Å². The maximum Gasteiger partial charge on any atom is 0.251 e. The summed E-state index contributed by atoms with van der Waals surface area (Å²) in [5, 5.41) is 9.74. The highest BCUT2D eigenvalue weighted by molar-refractivity contribution is 5.94. The molecule has 178 valence electrons. The molecule has 4 nitrogen and oxygen atoms in total. The lowest BCUT2D eigenvalue weighted by Gasteiger charge is -2.18. The smallest absolute Gasteiger partial charge is 0.251 e. The summed E-state index contributed by atoms with van der Waals surface area (Å²) in [4.78, 5) is 12.8. The molecule has 36 heavy (non-hydrogen) atoms. The van der Waals surface area contributed by atoms with E-state index in [1.807, 2.05) is 24.3 Å². The fourth-order valence-corrected chi connectivity index (χ4v) is 4.98. The highest BCUT2D eigenvalue weighted by atomic mass is 19.1. The third-order valence-electron chi connectivity index (χ3n) is 6.78. The van der Waals surface area contributed by atoms with Gasteiger partial charge in [-0.3, -0.25) is 4.79 Å². The van der Waals surface area contributed by atoms with Crippen LogP contribution in [0.15, 0.2) is 72.8 Å². The van der Waals surface area contributed by atoms with Crippen molar-refractivity contribution < 1.29 is 22.7 Å². The first-order valence-electron chi connectivity index (χ1n) is 11.4. The zero-order chi connectivity index (χ0) is 25.0. The molecule has 2 aliphatic rings. The Balaban J connectivity index is 1.25. The van der Waals surface area contributed by atoms with Crippen molar-refractivity contribution in [1.29, 1.82) is 5.41 Å². The molecule has 2 N–H and O–H groups in total. The minimum Gasteiger partial charge on any atom is -0.356 e. The number of ether oxygens (including phenoxy) is 1. The van der Waals surface area contributed by atoms with Gasteiger partial charge >= 0.3 is 0 Å². The van der Waals surface area contributed by atoms with Gasteiger partial charge in [-0.15, -0.1) is 0 Å². The number of amides is 1. The van der Waals surface area contributed by atoms with E-state index in [0.29, 0.717) is 11.1 Å². The van der Waals surface area contributed by atoms with Crippen molar-refractivity contribution in [3.05, 3.63) is 129 Å². The highest BCUT2D eigenvalue weighted by Crippen LogP contribution is 2.54. The van der Waals surface area contributed by atoms with Crippen LogP contribution in [0.4, 0.5) is 13.2 Å². The van der Waals surface area contributed by atoms with Crippen LogP contribution in [0.1, 0.15) is 55.9 Å². The Morgan fingerprint density at radius 1 is 0.833 bits per heavy atom. The van der Waals surface area contributed by atoms with E-state index in [4.69, 9.17) is 10.1 Å². The number of nitrogens with one attached hydrogen (secondary N) is 2. The van der Waals surface area contributed by atoms with Crippen molar-refractivity contribution in [2.24, 2.45) is 0 Å². The molecule has 4 aromatic rings. The lowest BCUT2D eigenvalue weighted by molar-refractivity contribution is 0.0857. The molecule has 0 unspecified atom stereocenters. The van der Waals surface area contributed by atoms with Crippen molar-refractivity contribution in [2.75, 3.05) is 0 Å². The standard InChI is InChI=1S/C29H19F3N2O2/c30-24-4-2-1-3-19(24)15-5-7-20-22(9-15)28-23-10-16(6-8-21(23)27(20)36-28)29(35)34-14-18-12-25(31)17(13-33)11-26(18)32/h1-13,27-28,33H,14H2,(H,34,35)/t27-,28+/m0/s1. The molecule has 0 saturated heterocycles. The first kappa shape index (κ1) is 22.2. The van der Waals surface area contributed by atoms with E-state index in [1.165, 1.54) is 6.07 Å². The van der Waals surface area contributed by atoms with Gasteiger partial charge in [0.2, 0.25) is 0 Å². The third kappa shape index (κ3) is 3.51. The third-order valence-corrected chi connectivity index (χ3v) is 6.78. The van der Waals surface area contributed by atoms with Crippen LogP contribution in [-0.2, 0) is 11.3 Å². The van der Waals surface area contributed by atoms with Crippen molar-refractivity contribution in [3.63, 3.8) is 0 Å². The molecule has 0 spiro atoms. The second kappa shape index (κ2) is 8.46. The van der Waals surface area contributed by atoms with Crippen LogP contribution >= 0.6 is 0 Å². The molecule has 0 radical (unpaired) electrons. The van der Waals surface area contributed by atoms with Crippen molar-refractivity contribution in [3.8, 4) is 11.1 Å². The second-order valence-corrected chi connectivity index (χ2v) is 8.86. The van der Waals surface area contributed by atoms with Crippen molar-refractivity contribution in [2.45, 2.75) is 18.8 Å². The van der Waals surface area contributed by atoms with E-state index < -0.39 is 17.5 Å². The van der Waals surface area contributed by atoms with Gasteiger partial charge in [-0.25, -0.2) is 13.2 Å². The molecule has 2 heterocycles. The molecule has 0 aliphatic carbocycles. The topological polar surface area (TPSA) is 62.2 Å². The van der Waals surface area contributed by atoms with Crippen LogP contribution < -0.4 is 5.32 Å². The average Bonchev–Trinajstić information content (AvgIpc) is 3.46. The molecule has 0 aromatic heterocycles. The Bertz CT molecular complexity index is 1570. The zero-order valence-electron chi connectivity index (χ0n) is 18.8. The Morgan fingerprint density at radius 3 is 2.33 bits per heavy atom. The molecule has 2 aliphatic heterocycles. The van der Waals surface area contributed by atoms with Crippen LogP contribution in [0.3, 0.4) is 0 Å². The monoisotopic (exact) mass is 484 g/mol. The number of fused-ring (bicyclic) bond motifs is 8. The first-order chi connectivity index (χ1) is 17.4. The van der Waals surface area contributed by atoms with E-state index in [-0.39, 0.29) is 35.7 Å². The lowest BCUT2D eigenvalue weighted by atomic mass is 9.83. The van der Waals surface area contributed by atoms with Crippen LogP contribution in [0.25, 0.3) is 11.1 Å². The van der Waals surface area contributed by atoms with Gasteiger partial charge in [0.25, 0.3) is 5.91 Å². The minimum atomic E-state index is -0.727. The Morgan fingerprint density at radius 2 is 1.56 bits per heavy atom. The molecule has 7 heteroatoms. The summed E-state index contributed by atoms with van der Waals surface area (Å²) in [5.41, 5.74) is 5.25. The number of benzene rings is 4. The molecule has 0 saturated carbocycles. The number of hydrogen-bond acceptors (Lipinski definition) is 3. The molecular formula is C29H19F3N2O2. The molecular weight excluding hydrogens is 465 g/mol. The summed E-state index contributed by atoms with van der Waals surface area (Å²) >= 11 is 0. The number of halogens is 3. The summed E-state index contributed by atoms with van der Waals surface area (Å²) in [6.07, 6.45) is 0.106. The van der Waals surface area contributed by atoms with E-state index >= 15 is 0 Å². The van der Waals surface area contributed by atoms with Crippen LogP contribution in [0.2, 0.25) is 0 Å². The Labute approximate surface area is 204 Å². The molecule has 1 amide bonds. The molecule has 2 atom stereocenters. The molecule has 4 aromatic carbocycles. The molecule has 6 rings (SSSR count). The van der Waals surface area contributed by atoms with Gasteiger partial charge in [0.1, 0.15) is 29.7 Å². The van der Waals surface area contributed by atoms with Gasteiger partial charge in [0, 0.05) is 35.0 Å². The van der Waals surface area contributed by atoms with Gasteiger partial charge in [0.05, 0.1) is 0 Å². The molecule has 0 fully saturated rings. The number of carbonyl (C=O) groups excluding carboxylic acids is 1. The maximum atomic E-state index is 14.3. The SMILES string of the molecule is N=Cc1cc(F)c(CNC(=O)c2ccc3c(c2)[C@@H]2O[C@H]3c3ccc(-c4ccccc4F)cc32)cc1F. The fourth-order valence-electron chi connectivity index (χ4n) is 4.98. The first-order valence-corrected chi connectivity index (χ1v) is 11.4. The van der Waals surface area contributed by atoms with Crippen LogP contribution in [0, 0.1) is 22.9 Å². The van der Waals surface area contributed by atoms with Crippen molar-refractivity contribution in [1.82, 2.24) is 5.32 Å². The number of hydrogen-bond donors (Lipinski definition) is 2. The summed E-state index contributed by atoms with van der Waals surface area (Å²) in [5.74, 6) is -2.16. The van der Waals surface area contributed by atoms with E-state index in [2.05, 4.69) is 5.32 Å². The number of carbonyl (C=O) groups is 1. The normalized spacial score (nSPS) is 17.0. The average molecular weight is 484 g/mol. The summed E-state index contributed by atoms with van der Waals surface area (Å²) in [6.45, 7) is -0.200. The minimum absolute atomic E-state index is 0.00963. The zero-order valence-corrected chi connectivity index (χ0v) is 18.8. The lowest BCUT2D eigenvalue weighted by Crippen LogP contribution is -2.24. The quantitative estimate of drug-likeness (QED) is 0.330. The van der Waals surface area contributed by atoms with Gasteiger partial charge in [-0.1, -0.05) is 36.4 Å². The predicted octanol–water partition coefficient (Wildman–Crippen LogP) is 6.22. The highest BCUT2D eigenvalue weighted by Gasteiger charge is 2.43. The largest absolute Gasteiger partial charge is 0.356 e. The van der Waals surface area contributed by atoms with Gasteiger partial charge < -0.3 is 15.5 Å². The Hall–Kier alpha value is -4.23. The summed E-state index contributed by atoms with van der Waals surface area (Å²) in [6, 6.07) is 19.6. The summed E-state index contributed by atoms with van der Waals surface area (Å²) in [7, 11) is 0. The van der Waals surface area contributed by atoms with E-state index in [1.54, 1.807) is 30.3 Å². The van der Waals surface area contributed by atoms with Gasteiger partial charge in [0.15, 0.2) is 0 Å². The van der Waals surface area contributed by atoms with Crippen LogP contribution in [-0.4, -0.2) is 12.1 Å². The predicted molar refractivity (Wildman–Crippen MR) is 128 cm³/mol.